The zero-order valence-electron chi connectivity index (χ0n) is 14.1. The number of nitrogens with two attached hydrogens (primary N) is 1. The second kappa shape index (κ2) is 5.41. The molecule has 0 aliphatic carbocycles. The average molecular weight is 346 g/mol. The molecule has 2 N–H and O–H groups in total. The molecule has 130 valence electrons. The SMILES string of the molecule is Cc1c(-c2cc(C(F)(F)F)cc3c2CC(C)(C)O3)ccc(N)c1C#N. The smallest absolute Gasteiger partial charge is 0.416 e. The lowest BCUT2D eigenvalue weighted by Crippen LogP contribution is -2.24. The molecular weight excluding hydrogens is 329 g/mol. The summed E-state index contributed by atoms with van der Waals surface area (Å²) in [5.74, 6) is 0.240. The minimum atomic E-state index is -4.49. The van der Waals surface area contributed by atoms with Crippen molar-refractivity contribution in [2.75, 3.05) is 5.73 Å². The molecule has 0 saturated heterocycles. The van der Waals surface area contributed by atoms with E-state index in [1.54, 1.807) is 19.1 Å². The molecule has 3 nitrogen and oxygen atoms in total. The van der Waals surface area contributed by atoms with Gasteiger partial charge in [0.1, 0.15) is 17.4 Å². The van der Waals surface area contributed by atoms with Crippen LogP contribution in [0.25, 0.3) is 11.1 Å². The van der Waals surface area contributed by atoms with Crippen molar-refractivity contribution >= 4 is 5.69 Å². The van der Waals surface area contributed by atoms with Gasteiger partial charge in [-0.05, 0) is 55.7 Å². The topological polar surface area (TPSA) is 59.0 Å². The van der Waals surface area contributed by atoms with E-state index in [9.17, 15) is 18.4 Å². The van der Waals surface area contributed by atoms with Crippen LogP contribution in [0.1, 0.15) is 36.1 Å². The molecule has 0 atom stereocenters. The molecule has 2 aromatic carbocycles. The van der Waals surface area contributed by atoms with Gasteiger partial charge in [-0.15, -0.1) is 0 Å². The van der Waals surface area contributed by atoms with Crippen LogP contribution in [0.2, 0.25) is 0 Å². The Bertz CT molecular complexity index is 908. The van der Waals surface area contributed by atoms with Gasteiger partial charge in [0, 0.05) is 17.7 Å². The number of hydrogen-bond donors (Lipinski definition) is 1. The predicted molar refractivity (Wildman–Crippen MR) is 89.2 cm³/mol. The van der Waals surface area contributed by atoms with Gasteiger partial charge in [0.05, 0.1) is 11.1 Å². The highest BCUT2D eigenvalue weighted by Crippen LogP contribution is 2.46. The number of rotatable bonds is 1. The van der Waals surface area contributed by atoms with E-state index in [1.807, 2.05) is 19.9 Å². The third-order valence-corrected chi connectivity index (χ3v) is 4.42. The Balaban J connectivity index is 2.31. The summed E-state index contributed by atoms with van der Waals surface area (Å²) in [6.45, 7) is 5.36. The summed E-state index contributed by atoms with van der Waals surface area (Å²) in [6, 6.07) is 7.41. The number of nitriles is 1. The Labute approximate surface area is 143 Å². The van der Waals surface area contributed by atoms with Crippen LogP contribution >= 0.6 is 0 Å². The second-order valence-electron chi connectivity index (χ2n) is 6.85. The van der Waals surface area contributed by atoms with Crippen LogP contribution in [-0.2, 0) is 12.6 Å². The van der Waals surface area contributed by atoms with Crippen LogP contribution in [0.4, 0.5) is 18.9 Å². The lowest BCUT2D eigenvalue weighted by Gasteiger charge is -2.17. The van der Waals surface area contributed by atoms with Gasteiger partial charge in [-0.2, -0.15) is 18.4 Å². The fourth-order valence-electron chi connectivity index (χ4n) is 3.26. The van der Waals surface area contributed by atoms with Crippen molar-refractivity contribution in [2.45, 2.75) is 39.0 Å². The van der Waals surface area contributed by atoms with E-state index in [2.05, 4.69) is 0 Å². The van der Waals surface area contributed by atoms with E-state index >= 15 is 0 Å². The predicted octanol–water partition coefficient (Wildman–Crippen LogP) is 4.85. The number of halogens is 3. The largest absolute Gasteiger partial charge is 0.487 e. The summed E-state index contributed by atoms with van der Waals surface area (Å²) in [6.07, 6.45) is -4.00. The molecular formula is C19H17F3N2O. The summed E-state index contributed by atoms with van der Waals surface area (Å²) in [5, 5.41) is 9.30. The van der Waals surface area contributed by atoms with Gasteiger partial charge < -0.3 is 10.5 Å². The highest BCUT2D eigenvalue weighted by Gasteiger charge is 2.38. The summed E-state index contributed by atoms with van der Waals surface area (Å²) in [5.41, 5.74) is 7.32. The number of ether oxygens (including phenoxy) is 1. The van der Waals surface area contributed by atoms with Gasteiger partial charge in [0.2, 0.25) is 0 Å². The first kappa shape index (κ1) is 17.2. The minimum Gasteiger partial charge on any atom is -0.487 e. The van der Waals surface area contributed by atoms with Crippen LogP contribution < -0.4 is 10.5 Å². The second-order valence-corrected chi connectivity index (χ2v) is 6.85. The van der Waals surface area contributed by atoms with Gasteiger partial charge in [-0.3, -0.25) is 0 Å². The number of nitrogen functional groups attached to an aromatic ring is 1. The molecule has 6 heteroatoms. The van der Waals surface area contributed by atoms with Crippen LogP contribution in [0.3, 0.4) is 0 Å². The lowest BCUT2D eigenvalue weighted by molar-refractivity contribution is -0.137. The van der Waals surface area contributed by atoms with E-state index in [0.29, 0.717) is 28.8 Å². The molecule has 1 aliphatic heterocycles. The third-order valence-electron chi connectivity index (χ3n) is 4.42. The molecule has 0 fully saturated rings. The first-order chi connectivity index (χ1) is 11.5. The highest BCUT2D eigenvalue weighted by molar-refractivity contribution is 5.79. The molecule has 0 bridgehead atoms. The van der Waals surface area contributed by atoms with Crippen LogP contribution in [-0.4, -0.2) is 5.60 Å². The number of hydrogen-bond acceptors (Lipinski definition) is 3. The normalized spacial score (nSPS) is 15.4. The van der Waals surface area contributed by atoms with Gasteiger partial charge in [-0.25, -0.2) is 0 Å². The van der Waals surface area contributed by atoms with Crippen molar-refractivity contribution in [1.29, 1.82) is 5.26 Å². The fraction of sp³-hybridized carbons (Fsp3) is 0.316. The number of alkyl halides is 3. The summed E-state index contributed by atoms with van der Waals surface area (Å²) in [7, 11) is 0. The molecule has 1 heterocycles. The van der Waals surface area contributed by atoms with Crippen molar-refractivity contribution < 1.29 is 17.9 Å². The standard InChI is InChI=1S/C19H17F3N2O/c1-10-12(4-5-16(24)15(10)9-23)13-6-11(19(20,21)22)7-17-14(13)8-18(2,3)25-17/h4-7H,8,24H2,1-3H3. The first-order valence-corrected chi connectivity index (χ1v) is 7.76. The minimum absolute atomic E-state index is 0.240. The Morgan fingerprint density at radius 3 is 2.48 bits per heavy atom. The van der Waals surface area contributed by atoms with Gasteiger partial charge in [0.15, 0.2) is 0 Å². The molecule has 1 aliphatic rings. The van der Waals surface area contributed by atoms with E-state index < -0.39 is 17.3 Å². The van der Waals surface area contributed by atoms with Crippen molar-refractivity contribution in [3.8, 4) is 22.9 Å². The van der Waals surface area contributed by atoms with E-state index in [4.69, 9.17) is 10.5 Å². The summed E-state index contributed by atoms with van der Waals surface area (Å²) >= 11 is 0. The summed E-state index contributed by atoms with van der Waals surface area (Å²) in [4.78, 5) is 0. The van der Waals surface area contributed by atoms with Crippen molar-refractivity contribution in [1.82, 2.24) is 0 Å². The molecule has 25 heavy (non-hydrogen) atoms. The average Bonchev–Trinajstić information content (AvgIpc) is 2.80. The zero-order chi connectivity index (χ0) is 18.6. The number of benzene rings is 2. The number of anilines is 1. The molecule has 0 radical (unpaired) electrons. The molecule has 0 saturated carbocycles. The van der Waals surface area contributed by atoms with Crippen molar-refractivity contribution in [3.63, 3.8) is 0 Å². The first-order valence-electron chi connectivity index (χ1n) is 7.76. The van der Waals surface area contributed by atoms with Crippen LogP contribution in [0.5, 0.6) is 5.75 Å². The van der Waals surface area contributed by atoms with Gasteiger partial charge in [-0.1, -0.05) is 6.07 Å². The maximum Gasteiger partial charge on any atom is 0.416 e. The molecule has 3 rings (SSSR count). The van der Waals surface area contributed by atoms with E-state index in [0.717, 1.165) is 17.7 Å². The zero-order valence-corrected chi connectivity index (χ0v) is 14.1. The van der Waals surface area contributed by atoms with Crippen LogP contribution in [0, 0.1) is 18.3 Å². The van der Waals surface area contributed by atoms with Gasteiger partial charge >= 0.3 is 6.18 Å². The number of nitrogens with zero attached hydrogens (tertiary/aromatic N) is 1. The Kier molecular flexibility index (Phi) is 3.72. The van der Waals surface area contributed by atoms with Crippen molar-refractivity contribution in [3.05, 3.63) is 46.5 Å². The summed E-state index contributed by atoms with van der Waals surface area (Å²) < 4.78 is 45.7. The molecule has 2 aromatic rings. The highest BCUT2D eigenvalue weighted by atomic mass is 19.4. The molecule has 0 amide bonds. The molecule has 0 unspecified atom stereocenters. The van der Waals surface area contributed by atoms with Crippen molar-refractivity contribution in [2.24, 2.45) is 0 Å². The monoisotopic (exact) mass is 346 g/mol. The van der Waals surface area contributed by atoms with E-state index in [-0.39, 0.29) is 11.3 Å². The molecule has 0 spiro atoms. The quantitative estimate of drug-likeness (QED) is 0.751. The Morgan fingerprint density at radius 1 is 1.20 bits per heavy atom. The lowest BCUT2D eigenvalue weighted by atomic mass is 9.88. The molecule has 0 aromatic heterocycles. The Morgan fingerprint density at radius 2 is 1.88 bits per heavy atom. The third kappa shape index (κ3) is 2.91. The Hall–Kier alpha value is -2.68. The maximum atomic E-state index is 13.3. The maximum absolute atomic E-state index is 13.3. The van der Waals surface area contributed by atoms with E-state index in [1.165, 1.54) is 0 Å². The number of fused-ring (bicyclic) bond motifs is 1. The fourth-order valence-corrected chi connectivity index (χ4v) is 3.26. The van der Waals surface area contributed by atoms with Crippen LogP contribution in [0.15, 0.2) is 24.3 Å². The van der Waals surface area contributed by atoms with Gasteiger partial charge in [0.25, 0.3) is 0 Å².